The SMILES string of the molecule is CC(C)c1cc(C(C)C)c(-c2cccc(-c3c(-c4ccccc4)cccc3-c3ccccc3)c2Pc2ccccc2O)c(C(C)C)c1. The molecule has 0 radical (unpaired) electrons. The molecule has 0 heterocycles. The van der Waals surface area contributed by atoms with E-state index in [4.69, 9.17) is 0 Å². The van der Waals surface area contributed by atoms with Crippen LogP contribution in [0.5, 0.6) is 5.75 Å². The Morgan fingerprint density at radius 2 is 0.894 bits per heavy atom. The molecule has 47 heavy (non-hydrogen) atoms. The van der Waals surface area contributed by atoms with E-state index in [0.29, 0.717) is 23.5 Å². The third-order valence-corrected chi connectivity index (χ3v) is 10.6. The van der Waals surface area contributed by atoms with Gasteiger partial charge in [-0.15, -0.1) is 0 Å². The molecule has 0 aliphatic carbocycles. The van der Waals surface area contributed by atoms with Gasteiger partial charge >= 0.3 is 0 Å². The fraction of sp³-hybridized carbons (Fsp3) is 0.200. The summed E-state index contributed by atoms with van der Waals surface area (Å²) in [6.07, 6.45) is 0. The van der Waals surface area contributed by atoms with Gasteiger partial charge in [0.1, 0.15) is 5.75 Å². The second-order valence-electron chi connectivity index (χ2n) is 13.4. The highest BCUT2D eigenvalue weighted by Gasteiger charge is 2.25. The van der Waals surface area contributed by atoms with Crippen LogP contribution in [0.3, 0.4) is 0 Å². The molecule has 0 aliphatic rings. The zero-order valence-corrected chi connectivity index (χ0v) is 29.4. The van der Waals surface area contributed by atoms with Crippen LogP contribution in [0.25, 0.3) is 44.5 Å². The van der Waals surface area contributed by atoms with E-state index in [0.717, 1.165) is 5.30 Å². The molecule has 0 saturated heterocycles. The molecule has 2 heteroatoms. The Labute approximate surface area is 283 Å². The molecule has 1 nitrogen and oxygen atoms in total. The van der Waals surface area contributed by atoms with Crippen LogP contribution in [-0.4, -0.2) is 5.11 Å². The summed E-state index contributed by atoms with van der Waals surface area (Å²) in [5.41, 5.74) is 14.0. The summed E-state index contributed by atoms with van der Waals surface area (Å²) in [5, 5.41) is 13.4. The summed E-state index contributed by atoms with van der Waals surface area (Å²) >= 11 is 0. The summed E-state index contributed by atoms with van der Waals surface area (Å²) in [5.74, 6) is 1.49. The highest BCUT2D eigenvalue weighted by molar-refractivity contribution is 7.56. The van der Waals surface area contributed by atoms with Crippen LogP contribution in [0.2, 0.25) is 0 Å². The van der Waals surface area contributed by atoms with Gasteiger partial charge in [-0.1, -0.05) is 178 Å². The summed E-state index contributed by atoms with van der Waals surface area (Å²) in [6, 6.07) is 47.8. The number of hydrogen-bond acceptors (Lipinski definition) is 1. The third kappa shape index (κ3) is 6.69. The molecular formula is C45H45OP. The highest BCUT2D eigenvalue weighted by Crippen LogP contribution is 2.45. The van der Waals surface area contributed by atoms with Crippen molar-refractivity contribution in [3.8, 4) is 50.3 Å². The largest absolute Gasteiger partial charge is 0.507 e. The summed E-state index contributed by atoms with van der Waals surface area (Å²) in [4.78, 5) is 0. The van der Waals surface area contributed by atoms with Gasteiger partial charge in [-0.25, -0.2) is 0 Å². The Balaban J connectivity index is 1.76. The predicted molar refractivity (Wildman–Crippen MR) is 206 cm³/mol. The Bertz CT molecular complexity index is 1900. The fourth-order valence-corrected chi connectivity index (χ4v) is 7.99. The molecule has 6 aromatic carbocycles. The molecule has 1 atom stereocenters. The molecule has 1 N–H and O–H groups in total. The molecule has 0 amide bonds. The lowest BCUT2D eigenvalue weighted by molar-refractivity contribution is 0.480. The van der Waals surface area contributed by atoms with Gasteiger partial charge in [0.25, 0.3) is 0 Å². The first-order valence-corrected chi connectivity index (χ1v) is 17.8. The number of hydrogen-bond donors (Lipinski definition) is 1. The second-order valence-corrected chi connectivity index (χ2v) is 14.7. The zero-order chi connectivity index (χ0) is 33.1. The van der Waals surface area contributed by atoms with Crippen LogP contribution in [0.15, 0.2) is 133 Å². The van der Waals surface area contributed by atoms with Gasteiger partial charge in [0.2, 0.25) is 0 Å². The Morgan fingerprint density at radius 1 is 0.447 bits per heavy atom. The Kier molecular flexibility index (Phi) is 9.76. The van der Waals surface area contributed by atoms with Crippen molar-refractivity contribution in [1.29, 1.82) is 0 Å². The van der Waals surface area contributed by atoms with Crippen molar-refractivity contribution < 1.29 is 5.11 Å². The van der Waals surface area contributed by atoms with Crippen molar-refractivity contribution in [2.75, 3.05) is 0 Å². The Morgan fingerprint density at radius 3 is 1.36 bits per heavy atom. The lowest BCUT2D eigenvalue weighted by Gasteiger charge is -2.27. The number of phenolic OH excluding ortho intramolecular Hbond substituents is 1. The molecule has 1 unspecified atom stereocenters. The number of aromatic hydroxyl groups is 1. The maximum absolute atomic E-state index is 11.1. The van der Waals surface area contributed by atoms with Crippen LogP contribution in [-0.2, 0) is 0 Å². The number of para-hydroxylation sites is 1. The van der Waals surface area contributed by atoms with Gasteiger partial charge in [-0.05, 0) is 90.3 Å². The van der Waals surface area contributed by atoms with Gasteiger partial charge in [0, 0.05) is 5.30 Å². The summed E-state index contributed by atoms with van der Waals surface area (Å²) in [7, 11) is 0.255. The standard InChI is InChI=1S/C45H45OP/c1-29(2)34-27-39(30(3)4)44(40(28-34)31(5)6)38-24-16-23-37(45(38)47-42-26-14-13-25-41(42)46)43-35(32-17-9-7-10-18-32)21-15-22-36(43)33-19-11-8-12-20-33/h7-31,46-47H,1-6H3. The lowest BCUT2D eigenvalue weighted by atomic mass is 9.80. The van der Waals surface area contributed by atoms with E-state index in [1.165, 1.54) is 66.5 Å². The first-order chi connectivity index (χ1) is 22.7. The van der Waals surface area contributed by atoms with E-state index < -0.39 is 0 Å². The van der Waals surface area contributed by atoms with Crippen LogP contribution >= 0.6 is 8.58 Å². The van der Waals surface area contributed by atoms with Crippen LogP contribution in [0.1, 0.15) is 76.0 Å². The predicted octanol–water partition coefficient (Wildman–Crippen LogP) is 12.1. The van der Waals surface area contributed by atoms with E-state index in [1.807, 2.05) is 18.2 Å². The molecule has 0 aromatic heterocycles. The fourth-order valence-electron chi connectivity index (χ4n) is 6.64. The van der Waals surface area contributed by atoms with E-state index in [1.54, 1.807) is 0 Å². The minimum Gasteiger partial charge on any atom is -0.507 e. The number of phenols is 1. The maximum Gasteiger partial charge on any atom is 0.123 e. The van der Waals surface area contributed by atoms with Crippen LogP contribution in [0, 0.1) is 0 Å². The van der Waals surface area contributed by atoms with Crippen LogP contribution < -0.4 is 10.6 Å². The van der Waals surface area contributed by atoms with Gasteiger partial charge in [-0.3, -0.25) is 0 Å². The van der Waals surface area contributed by atoms with Gasteiger partial charge in [0.05, 0.1) is 0 Å². The van der Waals surface area contributed by atoms with E-state index in [2.05, 4.69) is 157 Å². The Hall–Kier alpha value is -4.45. The first kappa shape index (κ1) is 32.5. The van der Waals surface area contributed by atoms with Crippen molar-refractivity contribution in [3.63, 3.8) is 0 Å². The van der Waals surface area contributed by atoms with Crippen molar-refractivity contribution in [1.82, 2.24) is 0 Å². The minimum atomic E-state index is 0.255. The van der Waals surface area contributed by atoms with Crippen molar-refractivity contribution in [2.45, 2.75) is 59.3 Å². The first-order valence-electron chi connectivity index (χ1n) is 16.8. The van der Waals surface area contributed by atoms with E-state index in [9.17, 15) is 5.11 Å². The zero-order valence-electron chi connectivity index (χ0n) is 28.4. The van der Waals surface area contributed by atoms with Crippen LogP contribution in [0.4, 0.5) is 0 Å². The lowest BCUT2D eigenvalue weighted by Crippen LogP contribution is -2.14. The summed E-state index contributed by atoms with van der Waals surface area (Å²) in [6.45, 7) is 13.9. The second kappa shape index (κ2) is 14.1. The van der Waals surface area contributed by atoms with E-state index >= 15 is 0 Å². The summed E-state index contributed by atoms with van der Waals surface area (Å²) < 4.78 is 0. The molecule has 0 aliphatic heterocycles. The molecular weight excluding hydrogens is 587 g/mol. The quantitative estimate of drug-likeness (QED) is 0.157. The molecule has 0 spiro atoms. The molecule has 0 bridgehead atoms. The third-order valence-electron chi connectivity index (χ3n) is 9.13. The smallest absolute Gasteiger partial charge is 0.123 e. The maximum atomic E-state index is 11.1. The molecule has 0 fully saturated rings. The van der Waals surface area contributed by atoms with Gasteiger partial charge < -0.3 is 5.11 Å². The average Bonchev–Trinajstić information content (AvgIpc) is 3.09. The van der Waals surface area contributed by atoms with Crippen molar-refractivity contribution >= 4 is 19.2 Å². The molecule has 6 rings (SSSR count). The molecule has 0 saturated carbocycles. The van der Waals surface area contributed by atoms with E-state index in [-0.39, 0.29) is 8.58 Å². The molecule has 236 valence electrons. The number of benzene rings is 6. The average molecular weight is 633 g/mol. The van der Waals surface area contributed by atoms with Gasteiger partial charge in [-0.2, -0.15) is 0 Å². The number of rotatable bonds is 9. The monoisotopic (exact) mass is 632 g/mol. The van der Waals surface area contributed by atoms with Crippen molar-refractivity contribution in [2.24, 2.45) is 0 Å². The normalized spacial score (nSPS) is 11.8. The molecule has 6 aromatic rings. The topological polar surface area (TPSA) is 20.2 Å². The van der Waals surface area contributed by atoms with Gasteiger partial charge in [0.15, 0.2) is 0 Å². The minimum absolute atomic E-state index is 0.255. The van der Waals surface area contributed by atoms with Crippen molar-refractivity contribution in [3.05, 3.63) is 150 Å². The highest BCUT2D eigenvalue weighted by atomic mass is 31.1.